The van der Waals surface area contributed by atoms with E-state index in [9.17, 15) is 13.6 Å². The van der Waals surface area contributed by atoms with E-state index < -0.39 is 11.8 Å². The first-order valence-electron chi connectivity index (χ1n) is 8.47. The Bertz CT molecular complexity index is 393. The second kappa shape index (κ2) is 6.42. The lowest BCUT2D eigenvalue weighted by Crippen LogP contribution is -2.55. The van der Waals surface area contributed by atoms with Crippen LogP contribution in [-0.4, -0.2) is 42.4 Å². The summed E-state index contributed by atoms with van der Waals surface area (Å²) in [6, 6.07) is 0.181. The molecule has 1 N–H and O–H groups in total. The monoisotopic (exact) mass is 316 g/mol. The third kappa shape index (κ3) is 3.61. The van der Waals surface area contributed by atoms with Gasteiger partial charge < -0.3 is 10.2 Å². The summed E-state index contributed by atoms with van der Waals surface area (Å²) in [5, 5.41) is 3.26. The van der Waals surface area contributed by atoms with Gasteiger partial charge in [0, 0.05) is 18.6 Å². The number of amides is 1. The van der Waals surface area contributed by atoms with Crippen LogP contribution in [0, 0.1) is 10.8 Å². The summed E-state index contributed by atoms with van der Waals surface area (Å²) in [5.41, 5.74) is -1.30. The van der Waals surface area contributed by atoms with E-state index in [-0.39, 0.29) is 18.0 Å². The lowest BCUT2D eigenvalue weighted by atomic mass is 9.74. The summed E-state index contributed by atoms with van der Waals surface area (Å²) in [5.74, 6) is -0.374. The quantitative estimate of drug-likeness (QED) is 0.862. The zero-order chi connectivity index (χ0) is 16.5. The van der Waals surface area contributed by atoms with Crippen LogP contribution >= 0.6 is 0 Å². The van der Waals surface area contributed by atoms with E-state index in [2.05, 4.69) is 19.2 Å². The Morgan fingerprint density at radius 3 is 2.23 bits per heavy atom. The molecule has 2 aliphatic rings. The van der Waals surface area contributed by atoms with E-state index in [1.807, 2.05) is 4.90 Å². The lowest BCUT2D eigenvalue weighted by molar-refractivity contribution is -0.155. The standard InChI is InChI=1S/C17H30F2N2O/c1-16(2)8-5-12(6-9-16)21(13-7-10-20-11-13)15(22)17(3,4)14(18)19/h12-14,20H,5-11H2,1-4H3. The highest BCUT2D eigenvalue weighted by Crippen LogP contribution is 2.39. The molecule has 2 rings (SSSR count). The summed E-state index contributed by atoms with van der Waals surface area (Å²) in [6.45, 7) is 8.84. The van der Waals surface area contributed by atoms with E-state index in [0.717, 1.165) is 45.2 Å². The molecule has 0 aromatic carbocycles. The van der Waals surface area contributed by atoms with Gasteiger partial charge in [0.25, 0.3) is 6.43 Å². The number of hydrogen-bond donors (Lipinski definition) is 1. The number of halogens is 2. The van der Waals surface area contributed by atoms with E-state index >= 15 is 0 Å². The van der Waals surface area contributed by atoms with Gasteiger partial charge in [-0.1, -0.05) is 13.8 Å². The first-order chi connectivity index (χ1) is 10.1. The van der Waals surface area contributed by atoms with Crippen molar-refractivity contribution in [3.05, 3.63) is 0 Å². The fourth-order valence-electron chi connectivity index (χ4n) is 3.59. The summed E-state index contributed by atoms with van der Waals surface area (Å²) < 4.78 is 26.7. The maximum atomic E-state index is 13.3. The summed E-state index contributed by atoms with van der Waals surface area (Å²) >= 11 is 0. The van der Waals surface area contributed by atoms with Gasteiger partial charge in [0.15, 0.2) is 0 Å². The summed E-state index contributed by atoms with van der Waals surface area (Å²) in [4.78, 5) is 14.7. The molecule has 1 heterocycles. The molecule has 22 heavy (non-hydrogen) atoms. The Kier molecular flexibility index (Phi) is 5.15. The minimum atomic E-state index is -2.63. The highest BCUT2D eigenvalue weighted by atomic mass is 19.3. The molecular formula is C17H30F2N2O. The maximum absolute atomic E-state index is 13.3. The fraction of sp³-hybridized carbons (Fsp3) is 0.941. The van der Waals surface area contributed by atoms with E-state index in [4.69, 9.17) is 0 Å². The number of rotatable bonds is 4. The predicted molar refractivity (Wildman–Crippen MR) is 83.9 cm³/mol. The van der Waals surface area contributed by atoms with E-state index in [1.54, 1.807) is 0 Å². The number of nitrogens with zero attached hydrogens (tertiary/aromatic N) is 1. The molecule has 1 unspecified atom stereocenters. The van der Waals surface area contributed by atoms with Crippen molar-refractivity contribution in [3.63, 3.8) is 0 Å². The molecule has 1 amide bonds. The number of nitrogens with one attached hydrogen (secondary N) is 1. The van der Waals surface area contributed by atoms with Crippen LogP contribution in [-0.2, 0) is 4.79 Å². The number of hydrogen-bond acceptors (Lipinski definition) is 2. The first kappa shape index (κ1) is 17.6. The minimum Gasteiger partial charge on any atom is -0.335 e. The largest absolute Gasteiger partial charge is 0.335 e. The molecule has 0 bridgehead atoms. The van der Waals surface area contributed by atoms with Gasteiger partial charge in [-0.25, -0.2) is 8.78 Å². The van der Waals surface area contributed by atoms with Crippen molar-refractivity contribution in [3.8, 4) is 0 Å². The highest BCUT2D eigenvalue weighted by molar-refractivity contribution is 5.83. The van der Waals surface area contributed by atoms with Crippen molar-refractivity contribution >= 4 is 5.91 Å². The molecule has 1 saturated carbocycles. The summed E-state index contributed by atoms with van der Waals surface area (Å²) in [7, 11) is 0. The lowest BCUT2D eigenvalue weighted by Gasteiger charge is -2.45. The van der Waals surface area contributed by atoms with Crippen molar-refractivity contribution in [2.24, 2.45) is 10.8 Å². The van der Waals surface area contributed by atoms with E-state index in [0.29, 0.717) is 5.41 Å². The molecule has 3 nitrogen and oxygen atoms in total. The molecule has 0 radical (unpaired) electrons. The average molecular weight is 316 g/mol. The molecule has 128 valence electrons. The second-order valence-electron chi connectivity index (χ2n) is 8.28. The van der Waals surface area contributed by atoms with Gasteiger partial charge >= 0.3 is 0 Å². The molecule has 0 spiro atoms. The number of carbonyl (C=O) groups is 1. The molecule has 1 aliphatic carbocycles. The van der Waals surface area contributed by atoms with Crippen molar-refractivity contribution in [2.45, 2.75) is 78.3 Å². The van der Waals surface area contributed by atoms with Crippen LogP contribution in [0.2, 0.25) is 0 Å². The zero-order valence-corrected chi connectivity index (χ0v) is 14.3. The van der Waals surface area contributed by atoms with Gasteiger partial charge in [-0.2, -0.15) is 0 Å². The van der Waals surface area contributed by atoms with Crippen LogP contribution in [0.1, 0.15) is 59.8 Å². The van der Waals surface area contributed by atoms with Crippen molar-refractivity contribution in [1.82, 2.24) is 10.2 Å². The molecule has 1 saturated heterocycles. The SMILES string of the molecule is CC1(C)CCC(N(C(=O)C(C)(C)C(F)F)C2CCNC2)CC1. The van der Waals surface area contributed by atoms with Gasteiger partial charge in [-0.05, 0) is 57.9 Å². The summed E-state index contributed by atoms with van der Waals surface area (Å²) in [6.07, 6.45) is 2.19. The Morgan fingerprint density at radius 1 is 1.18 bits per heavy atom. The number of carbonyl (C=O) groups excluding carboxylic acids is 1. The van der Waals surface area contributed by atoms with Crippen LogP contribution in [0.4, 0.5) is 8.78 Å². The maximum Gasteiger partial charge on any atom is 0.252 e. The van der Waals surface area contributed by atoms with E-state index in [1.165, 1.54) is 13.8 Å². The predicted octanol–water partition coefficient (Wildman–Crippen LogP) is 3.44. The minimum absolute atomic E-state index is 0.0664. The van der Waals surface area contributed by atoms with Crippen molar-refractivity contribution < 1.29 is 13.6 Å². The normalized spacial score (nSPS) is 26.4. The fourth-order valence-corrected chi connectivity index (χ4v) is 3.59. The van der Waals surface area contributed by atoms with Gasteiger partial charge in [-0.3, -0.25) is 4.79 Å². The Hall–Kier alpha value is -0.710. The Morgan fingerprint density at radius 2 is 1.77 bits per heavy atom. The topological polar surface area (TPSA) is 32.3 Å². The molecule has 1 aliphatic heterocycles. The van der Waals surface area contributed by atoms with Gasteiger partial charge in [0.2, 0.25) is 5.91 Å². The zero-order valence-electron chi connectivity index (χ0n) is 14.3. The smallest absolute Gasteiger partial charge is 0.252 e. The van der Waals surface area contributed by atoms with Crippen LogP contribution in [0.15, 0.2) is 0 Å². The Balaban J connectivity index is 2.18. The first-order valence-corrected chi connectivity index (χ1v) is 8.47. The van der Waals surface area contributed by atoms with Crippen molar-refractivity contribution in [1.29, 1.82) is 0 Å². The molecule has 5 heteroatoms. The second-order valence-corrected chi connectivity index (χ2v) is 8.28. The van der Waals surface area contributed by atoms with Gasteiger partial charge in [0.1, 0.15) is 5.41 Å². The van der Waals surface area contributed by atoms with Crippen LogP contribution in [0.5, 0.6) is 0 Å². The van der Waals surface area contributed by atoms with Crippen molar-refractivity contribution in [2.75, 3.05) is 13.1 Å². The molecule has 0 aromatic heterocycles. The Labute approximate surface area is 132 Å². The molecular weight excluding hydrogens is 286 g/mol. The molecule has 1 atom stereocenters. The van der Waals surface area contributed by atoms with Crippen LogP contribution < -0.4 is 5.32 Å². The number of alkyl halides is 2. The van der Waals surface area contributed by atoms with Gasteiger partial charge in [-0.15, -0.1) is 0 Å². The van der Waals surface area contributed by atoms with Gasteiger partial charge in [0.05, 0.1) is 0 Å². The average Bonchev–Trinajstić information content (AvgIpc) is 2.94. The highest BCUT2D eigenvalue weighted by Gasteiger charge is 2.46. The molecule has 0 aromatic rings. The van der Waals surface area contributed by atoms with Crippen LogP contribution in [0.25, 0.3) is 0 Å². The third-order valence-electron chi connectivity index (χ3n) is 5.46. The third-order valence-corrected chi connectivity index (χ3v) is 5.46. The van der Waals surface area contributed by atoms with Crippen LogP contribution in [0.3, 0.4) is 0 Å². The molecule has 2 fully saturated rings.